The summed E-state index contributed by atoms with van der Waals surface area (Å²) >= 11 is 3.16. The SMILES string of the molecule is CCCc1cc(SCc2sc(-c3ccc(C(F)(F)F)cc3)nc2CN2CCN(c3cccc(OC)c3)CC2)ccc1OC(C)C(=O)O. The van der Waals surface area contributed by atoms with Crippen molar-refractivity contribution in [2.45, 2.75) is 56.2 Å². The first-order chi connectivity index (χ1) is 22.5. The maximum absolute atomic E-state index is 13.2. The first kappa shape index (κ1) is 34.6. The fourth-order valence-corrected chi connectivity index (χ4v) is 7.48. The number of methoxy groups -OCH3 is 1. The van der Waals surface area contributed by atoms with E-state index in [-0.39, 0.29) is 0 Å². The van der Waals surface area contributed by atoms with Crippen LogP contribution in [0.25, 0.3) is 10.6 Å². The molecule has 1 saturated heterocycles. The van der Waals surface area contributed by atoms with Gasteiger partial charge in [-0.15, -0.1) is 23.1 Å². The summed E-state index contributed by atoms with van der Waals surface area (Å²) in [7, 11) is 1.66. The van der Waals surface area contributed by atoms with Gasteiger partial charge in [0, 0.05) is 65.6 Å². The molecule has 1 aliphatic heterocycles. The summed E-state index contributed by atoms with van der Waals surface area (Å²) in [6.45, 7) is 7.59. The van der Waals surface area contributed by atoms with Gasteiger partial charge in [0.15, 0.2) is 6.10 Å². The Kier molecular flexibility index (Phi) is 11.4. The molecule has 2 heterocycles. The largest absolute Gasteiger partial charge is 0.497 e. The summed E-state index contributed by atoms with van der Waals surface area (Å²) in [5.74, 6) is 1.01. The maximum atomic E-state index is 13.2. The normalized spacial score (nSPS) is 14.6. The minimum atomic E-state index is -4.40. The van der Waals surface area contributed by atoms with E-state index < -0.39 is 23.8 Å². The molecule has 47 heavy (non-hydrogen) atoms. The van der Waals surface area contributed by atoms with E-state index in [0.29, 0.717) is 28.6 Å². The van der Waals surface area contributed by atoms with Gasteiger partial charge < -0.3 is 19.5 Å². The monoisotopic (exact) mass is 685 g/mol. The molecule has 7 nitrogen and oxygen atoms in total. The van der Waals surface area contributed by atoms with Crippen LogP contribution >= 0.6 is 23.1 Å². The average molecular weight is 686 g/mol. The van der Waals surface area contributed by atoms with E-state index in [9.17, 15) is 23.1 Å². The van der Waals surface area contributed by atoms with Crippen LogP contribution in [0, 0.1) is 0 Å². The van der Waals surface area contributed by atoms with Crippen molar-refractivity contribution in [2.24, 2.45) is 0 Å². The Morgan fingerprint density at radius 2 is 1.81 bits per heavy atom. The number of piperazine rings is 1. The number of thiazole rings is 1. The molecule has 1 fully saturated rings. The number of thioether (sulfide) groups is 1. The third-order valence-corrected chi connectivity index (χ3v) is 10.3. The van der Waals surface area contributed by atoms with E-state index in [2.05, 4.69) is 22.8 Å². The Morgan fingerprint density at radius 3 is 2.47 bits per heavy atom. The van der Waals surface area contributed by atoms with Crippen LogP contribution < -0.4 is 14.4 Å². The van der Waals surface area contributed by atoms with Crippen LogP contribution in [0.4, 0.5) is 18.9 Å². The average Bonchev–Trinajstić information content (AvgIpc) is 3.47. The van der Waals surface area contributed by atoms with Crippen molar-refractivity contribution in [2.75, 3.05) is 38.2 Å². The molecule has 0 saturated carbocycles. The summed E-state index contributed by atoms with van der Waals surface area (Å²) in [6.07, 6.45) is -3.72. The zero-order valence-electron chi connectivity index (χ0n) is 26.5. The lowest BCUT2D eigenvalue weighted by atomic mass is 10.1. The van der Waals surface area contributed by atoms with Crippen LogP contribution in [0.5, 0.6) is 11.5 Å². The number of halogens is 3. The van der Waals surface area contributed by atoms with Gasteiger partial charge in [-0.2, -0.15) is 13.2 Å². The number of carbonyl (C=O) groups is 1. The number of ether oxygens (including phenoxy) is 2. The second-order valence-corrected chi connectivity index (χ2v) is 13.5. The van der Waals surface area contributed by atoms with E-state index in [4.69, 9.17) is 14.5 Å². The molecule has 5 rings (SSSR count). The standard InChI is InChI=1S/C35H38F3N3O4S2/c1-4-6-25-19-29(13-14-31(25)45-23(2)34(42)43)46-22-32-30(39-33(47-32)24-9-11-26(12-10-24)35(36,37)38)21-40-15-17-41(18-16-40)27-7-5-8-28(20-27)44-3/h5,7-14,19-20,23H,4,6,15-18,21-22H2,1-3H3,(H,42,43). The second kappa shape index (κ2) is 15.4. The van der Waals surface area contributed by atoms with Crippen molar-refractivity contribution in [3.63, 3.8) is 0 Å². The zero-order chi connectivity index (χ0) is 33.6. The molecule has 0 spiro atoms. The number of alkyl halides is 3. The highest BCUT2D eigenvalue weighted by Gasteiger charge is 2.30. The zero-order valence-corrected chi connectivity index (χ0v) is 28.2. The van der Waals surface area contributed by atoms with Gasteiger partial charge in [-0.25, -0.2) is 9.78 Å². The smallest absolute Gasteiger partial charge is 0.416 e. The number of aliphatic carboxylic acids is 1. The molecule has 3 aromatic carbocycles. The number of benzene rings is 3. The first-order valence-corrected chi connectivity index (χ1v) is 17.3. The summed E-state index contributed by atoms with van der Waals surface area (Å²) in [6, 6.07) is 19.0. The summed E-state index contributed by atoms with van der Waals surface area (Å²) in [4.78, 5) is 23.1. The molecule has 0 amide bonds. The Balaban J connectivity index is 1.34. The summed E-state index contributed by atoms with van der Waals surface area (Å²) < 4.78 is 50.8. The molecular weight excluding hydrogens is 648 g/mol. The van der Waals surface area contributed by atoms with Crippen molar-refractivity contribution in [3.8, 4) is 22.1 Å². The number of nitrogens with zero attached hydrogens (tertiary/aromatic N) is 3. The van der Waals surface area contributed by atoms with Gasteiger partial charge >= 0.3 is 12.1 Å². The molecule has 1 atom stereocenters. The lowest BCUT2D eigenvalue weighted by Gasteiger charge is -2.36. The molecule has 4 aromatic rings. The molecule has 1 aromatic heterocycles. The number of aryl methyl sites for hydroxylation is 1. The van der Waals surface area contributed by atoms with Gasteiger partial charge in [-0.05, 0) is 61.4 Å². The minimum Gasteiger partial charge on any atom is -0.497 e. The van der Waals surface area contributed by atoms with Crippen LogP contribution in [0.1, 0.15) is 42.0 Å². The van der Waals surface area contributed by atoms with Crippen LogP contribution in [-0.2, 0) is 29.7 Å². The maximum Gasteiger partial charge on any atom is 0.416 e. The third-order valence-electron chi connectivity index (χ3n) is 7.97. The molecule has 0 bridgehead atoms. The van der Waals surface area contributed by atoms with E-state index in [1.165, 1.54) is 30.4 Å². The number of carboxylic acids is 1. The van der Waals surface area contributed by atoms with Crippen LogP contribution in [0.3, 0.4) is 0 Å². The number of anilines is 1. The van der Waals surface area contributed by atoms with Crippen LogP contribution in [0.15, 0.2) is 71.6 Å². The number of rotatable bonds is 13. The van der Waals surface area contributed by atoms with Crippen molar-refractivity contribution in [3.05, 3.63) is 88.4 Å². The van der Waals surface area contributed by atoms with E-state index >= 15 is 0 Å². The highest BCUT2D eigenvalue weighted by molar-refractivity contribution is 7.98. The van der Waals surface area contributed by atoms with Crippen LogP contribution in [-0.4, -0.2) is 60.4 Å². The summed E-state index contributed by atoms with van der Waals surface area (Å²) in [5.41, 5.74) is 2.97. The van der Waals surface area contributed by atoms with Crippen molar-refractivity contribution < 1.29 is 32.5 Å². The number of hydrogen-bond donors (Lipinski definition) is 1. The molecule has 1 N–H and O–H groups in total. The minimum absolute atomic E-state index is 0.572. The summed E-state index contributed by atoms with van der Waals surface area (Å²) in [5, 5.41) is 9.99. The van der Waals surface area contributed by atoms with E-state index in [1.807, 2.05) is 36.4 Å². The molecule has 1 unspecified atom stereocenters. The Labute approximate surface area is 281 Å². The highest BCUT2D eigenvalue weighted by Crippen LogP contribution is 2.37. The highest BCUT2D eigenvalue weighted by atomic mass is 32.2. The number of hydrogen-bond acceptors (Lipinski definition) is 8. The predicted molar refractivity (Wildman–Crippen MR) is 181 cm³/mol. The number of carboxylic acid groups (broad SMARTS) is 1. The second-order valence-electron chi connectivity index (χ2n) is 11.3. The van der Waals surface area contributed by atoms with Crippen molar-refractivity contribution in [1.82, 2.24) is 9.88 Å². The van der Waals surface area contributed by atoms with Gasteiger partial charge in [-0.1, -0.05) is 31.5 Å². The van der Waals surface area contributed by atoms with Crippen molar-refractivity contribution >= 4 is 34.8 Å². The van der Waals surface area contributed by atoms with Gasteiger partial charge in [-0.3, -0.25) is 4.90 Å². The van der Waals surface area contributed by atoms with Gasteiger partial charge in [0.2, 0.25) is 0 Å². The Bertz CT molecular complexity index is 1650. The van der Waals surface area contributed by atoms with Gasteiger partial charge in [0.05, 0.1) is 18.4 Å². The Morgan fingerprint density at radius 1 is 1.06 bits per heavy atom. The lowest BCUT2D eigenvalue weighted by Crippen LogP contribution is -2.46. The van der Waals surface area contributed by atoms with Crippen LogP contribution in [0.2, 0.25) is 0 Å². The quantitative estimate of drug-likeness (QED) is 0.141. The molecule has 1 aliphatic rings. The molecule has 12 heteroatoms. The first-order valence-electron chi connectivity index (χ1n) is 15.5. The molecule has 250 valence electrons. The van der Waals surface area contributed by atoms with Gasteiger partial charge in [0.1, 0.15) is 16.5 Å². The lowest BCUT2D eigenvalue weighted by molar-refractivity contribution is -0.144. The topological polar surface area (TPSA) is 75.1 Å². The van der Waals surface area contributed by atoms with Gasteiger partial charge in [0.25, 0.3) is 0 Å². The third kappa shape index (κ3) is 9.00. The van der Waals surface area contributed by atoms with Crippen molar-refractivity contribution in [1.29, 1.82) is 0 Å². The Hall–Kier alpha value is -3.74. The molecule has 0 aliphatic carbocycles. The molecule has 0 radical (unpaired) electrons. The van der Waals surface area contributed by atoms with E-state index in [0.717, 1.165) is 83.6 Å². The van der Waals surface area contributed by atoms with E-state index in [1.54, 1.807) is 18.9 Å². The fraction of sp³-hybridized carbons (Fsp3) is 0.371. The predicted octanol–water partition coefficient (Wildman–Crippen LogP) is 8.26. The fourth-order valence-electron chi connectivity index (χ4n) is 5.34. The molecular formula is C35H38F3N3O4S2. The number of aromatic nitrogens is 1.